The van der Waals surface area contributed by atoms with Gasteiger partial charge in [-0.1, -0.05) is 0 Å². The average molecular weight is 291 g/mol. The number of amides is 1. The third-order valence-electron chi connectivity index (χ3n) is 3.00. The molecule has 20 heavy (non-hydrogen) atoms. The highest BCUT2D eigenvalue weighted by atomic mass is 32.2. The summed E-state index contributed by atoms with van der Waals surface area (Å²) in [6, 6.07) is 3.50. The Labute approximate surface area is 119 Å². The summed E-state index contributed by atoms with van der Waals surface area (Å²) in [6.07, 6.45) is 0. The third-order valence-corrected chi connectivity index (χ3v) is 4.11. The van der Waals surface area contributed by atoms with E-state index in [2.05, 4.69) is 15.5 Å². The highest BCUT2D eigenvalue weighted by Gasteiger charge is 2.19. The van der Waals surface area contributed by atoms with Crippen molar-refractivity contribution in [1.82, 2.24) is 14.8 Å². The quantitative estimate of drug-likeness (QED) is 0.807. The van der Waals surface area contributed by atoms with Crippen LogP contribution in [0.15, 0.2) is 22.2 Å². The number of hydrogen-bond acceptors (Lipinski definition) is 6. The van der Waals surface area contributed by atoms with Crippen molar-refractivity contribution in [2.75, 3.05) is 17.7 Å². The number of carbonyl (C=O) groups is 1. The van der Waals surface area contributed by atoms with Crippen molar-refractivity contribution in [2.45, 2.75) is 17.0 Å². The maximum Gasteiger partial charge on any atom is 0.262 e. The van der Waals surface area contributed by atoms with Crippen LogP contribution in [0.5, 0.6) is 5.75 Å². The van der Waals surface area contributed by atoms with E-state index in [0.717, 1.165) is 15.9 Å². The fraction of sp³-hybridized carbons (Fsp3) is 0.250. The van der Waals surface area contributed by atoms with E-state index < -0.39 is 0 Å². The number of rotatable bonds is 2. The van der Waals surface area contributed by atoms with E-state index in [4.69, 9.17) is 10.5 Å². The van der Waals surface area contributed by atoms with Gasteiger partial charge in [0.2, 0.25) is 0 Å². The molecule has 3 N–H and O–H groups in total. The predicted octanol–water partition coefficient (Wildman–Crippen LogP) is 1.19. The van der Waals surface area contributed by atoms with Gasteiger partial charge in [0.15, 0.2) is 11.8 Å². The van der Waals surface area contributed by atoms with Crippen molar-refractivity contribution in [2.24, 2.45) is 7.05 Å². The summed E-state index contributed by atoms with van der Waals surface area (Å²) >= 11 is 1.39. The highest BCUT2D eigenvalue weighted by molar-refractivity contribution is 7.99. The van der Waals surface area contributed by atoms with Crippen molar-refractivity contribution in [3.05, 3.63) is 18.0 Å². The molecule has 3 rings (SSSR count). The van der Waals surface area contributed by atoms with Gasteiger partial charge in [-0.2, -0.15) is 0 Å². The van der Waals surface area contributed by atoms with Crippen LogP contribution in [0, 0.1) is 6.92 Å². The Balaban J connectivity index is 1.96. The number of nitrogens with one attached hydrogen (secondary N) is 1. The maximum absolute atomic E-state index is 11.3. The zero-order valence-corrected chi connectivity index (χ0v) is 11.8. The van der Waals surface area contributed by atoms with Gasteiger partial charge in [-0.25, -0.2) is 0 Å². The first kappa shape index (κ1) is 12.8. The van der Waals surface area contributed by atoms with Crippen LogP contribution in [0.4, 0.5) is 11.4 Å². The van der Waals surface area contributed by atoms with E-state index in [1.165, 1.54) is 11.8 Å². The number of aromatic nitrogens is 3. The van der Waals surface area contributed by atoms with Gasteiger partial charge in [-0.3, -0.25) is 4.79 Å². The number of anilines is 2. The molecule has 0 unspecified atom stereocenters. The Morgan fingerprint density at radius 3 is 2.95 bits per heavy atom. The summed E-state index contributed by atoms with van der Waals surface area (Å²) in [7, 11) is 1.89. The number of fused-ring (bicyclic) bond motifs is 1. The van der Waals surface area contributed by atoms with E-state index in [-0.39, 0.29) is 12.5 Å². The van der Waals surface area contributed by atoms with E-state index >= 15 is 0 Å². The Kier molecular flexibility index (Phi) is 3.01. The minimum Gasteiger partial charge on any atom is -0.482 e. The molecule has 104 valence electrons. The Morgan fingerprint density at radius 1 is 1.45 bits per heavy atom. The minimum atomic E-state index is -0.173. The molecule has 8 heteroatoms. The molecule has 0 saturated carbocycles. The molecule has 2 heterocycles. The van der Waals surface area contributed by atoms with E-state index in [1.54, 1.807) is 12.1 Å². The lowest BCUT2D eigenvalue weighted by atomic mass is 10.2. The topological polar surface area (TPSA) is 95.1 Å². The summed E-state index contributed by atoms with van der Waals surface area (Å²) in [4.78, 5) is 12.1. The number of ether oxygens (including phenoxy) is 1. The fourth-order valence-corrected chi connectivity index (χ4v) is 2.69. The summed E-state index contributed by atoms with van der Waals surface area (Å²) in [5, 5.41) is 11.6. The fourth-order valence-electron chi connectivity index (χ4n) is 1.79. The number of nitrogens with zero attached hydrogens (tertiary/aromatic N) is 3. The molecule has 0 radical (unpaired) electrons. The van der Waals surface area contributed by atoms with Crippen LogP contribution in [0.1, 0.15) is 5.82 Å². The smallest absolute Gasteiger partial charge is 0.262 e. The van der Waals surface area contributed by atoms with Crippen molar-refractivity contribution in [3.63, 3.8) is 0 Å². The van der Waals surface area contributed by atoms with E-state index in [9.17, 15) is 4.79 Å². The van der Waals surface area contributed by atoms with Crippen molar-refractivity contribution < 1.29 is 9.53 Å². The largest absolute Gasteiger partial charge is 0.482 e. The number of aryl methyl sites for hydroxylation is 1. The summed E-state index contributed by atoms with van der Waals surface area (Å²) in [6.45, 7) is 1.89. The molecule has 0 bridgehead atoms. The van der Waals surface area contributed by atoms with Gasteiger partial charge in [-0.15, -0.1) is 10.2 Å². The molecule has 1 aromatic heterocycles. The van der Waals surface area contributed by atoms with Gasteiger partial charge >= 0.3 is 0 Å². The van der Waals surface area contributed by atoms with Crippen molar-refractivity contribution in [1.29, 1.82) is 0 Å². The summed E-state index contributed by atoms with van der Waals surface area (Å²) in [5.74, 6) is 1.23. The third kappa shape index (κ3) is 2.18. The van der Waals surface area contributed by atoms with Crippen LogP contribution < -0.4 is 15.8 Å². The molecule has 1 aliphatic heterocycles. The van der Waals surface area contributed by atoms with E-state index in [1.807, 2.05) is 18.5 Å². The number of benzene rings is 1. The highest BCUT2D eigenvalue weighted by Crippen LogP contribution is 2.39. The van der Waals surface area contributed by atoms with E-state index in [0.29, 0.717) is 17.1 Å². The van der Waals surface area contributed by atoms with Gasteiger partial charge in [-0.05, 0) is 24.8 Å². The summed E-state index contributed by atoms with van der Waals surface area (Å²) < 4.78 is 7.19. The molecule has 0 aliphatic carbocycles. The molecule has 2 aromatic rings. The number of carbonyl (C=O) groups excluding carboxylic acids is 1. The second-order valence-corrected chi connectivity index (χ2v) is 5.42. The summed E-state index contributed by atoms with van der Waals surface area (Å²) in [5.41, 5.74) is 7.21. The lowest BCUT2D eigenvalue weighted by Gasteiger charge is -2.19. The molecule has 0 atom stereocenters. The lowest BCUT2D eigenvalue weighted by Crippen LogP contribution is -2.25. The van der Waals surface area contributed by atoms with Crippen LogP contribution in [0.3, 0.4) is 0 Å². The molecule has 0 spiro atoms. The van der Waals surface area contributed by atoms with Crippen LogP contribution in [-0.4, -0.2) is 27.3 Å². The molecule has 1 amide bonds. The van der Waals surface area contributed by atoms with Crippen molar-refractivity contribution >= 4 is 29.0 Å². The Bertz CT molecular complexity index is 697. The second kappa shape index (κ2) is 4.71. The van der Waals surface area contributed by atoms with Crippen LogP contribution in [0.25, 0.3) is 0 Å². The molecule has 0 fully saturated rings. The SMILES string of the molecule is Cc1nnc(Sc2cc3c(cc2N)OCC(=O)N3)n1C. The van der Waals surface area contributed by atoms with Crippen LogP contribution >= 0.6 is 11.8 Å². The second-order valence-electron chi connectivity index (χ2n) is 4.41. The molecule has 1 aliphatic rings. The van der Waals surface area contributed by atoms with Crippen LogP contribution in [0.2, 0.25) is 0 Å². The molecule has 7 nitrogen and oxygen atoms in total. The predicted molar refractivity (Wildman–Crippen MR) is 74.8 cm³/mol. The first-order valence-corrected chi connectivity index (χ1v) is 6.76. The van der Waals surface area contributed by atoms with Gasteiger partial charge in [0.25, 0.3) is 5.91 Å². The molecular formula is C12H13N5O2S. The van der Waals surface area contributed by atoms with Gasteiger partial charge < -0.3 is 20.4 Å². The average Bonchev–Trinajstić information content (AvgIpc) is 2.72. The Hall–Kier alpha value is -2.22. The normalized spacial score (nSPS) is 13.6. The van der Waals surface area contributed by atoms with Gasteiger partial charge in [0.1, 0.15) is 11.6 Å². The monoisotopic (exact) mass is 291 g/mol. The molecular weight excluding hydrogens is 278 g/mol. The standard InChI is InChI=1S/C12H13N5O2S/c1-6-15-16-12(17(6)2)20-10-4-8-9(3-7(10)13)19-5-11(18)14-8/h3-4H,5,13H2,1-2H3,(H,14,18). The number of nitrogens with two attached hydrogens (primary N) is 1. The van der Waals surface area contributed by atoms with Crippen molar-refractivity contribution in [3.8, 4) is 5.75 Å². The zero-order chi connectivity index (χ0) is 14.3. The zero-order valence-electron chi connectivity index (χ0n) is 11.0. The van der Waals surface area contributed by atoms with Gasteiger partial charge in [0.05, 0.1) is 5.69 Å². The lowest BCUT2D eigenvalue weighted by molar-refractivity contribution is -0.118. The van der Waals surface area contributed by atoms with Gasteiger partial charge in [0, 0.05) is 23.7 Å². The molecule has 1 aromatic carbocycles. The minimum absolute atomic E-state index is 0.0153. The van der Waals surface area contributed by atoms with Crippen LogP contribution in [-0.2, 0) is 11.8 Å². The molecule has 0 saturated heterocycles. The first-order chi connectivity index (χ1) is 9.54. The Morgan fingerprint density at radius 2 is 2.25 bits per heavy atom. The maximum atomic E-state index is 11.3. The number of hydrogen-bond donors (Lipinski definition) is 2. The first-order valence-electron chi connectivity index (χ1n) is 5.94. The number of nitrogen functional groups attached to an aromatic ring is 1.